The van der Waals surface area contributed by atoms with E-state index in [1.165, 1.54) is 7.11 Å². The third-order valence-electron chi connectivity index (χ3n) is 2.59. The second kappa shape index (κ2) is 5.95. The van der Waals surface area contributed by atoms with E-state index in [0.717, 1.165) is 0 Å². The van der Waals surface area contributed by atoms with Gasteiger partial charge in [0.25, 0.3) is 0 Å². The third-order valence-corrected chi connectivity index (χ3v) is 2.59. The van der Waals surface area contributed by atoms with E-state index < -0.39 is 0 Å². The second-order valence-corrected chi connectivity index (χ2v) is 3.80. The highest BCUT2D eigenvalue weighted by Crippen LogP contribution is 2.30. The summed E-state index contributed by atoms with van der Waals surface area (Å²) in [5.41, 5.74) is 3.59. The maximum atomic E-state index is 13.9. The van der Waals surface area contributed by atoms with Crippen LogP contribution in [0.3, 0.4) is 0 Å². The third kappa shape index (κ3) is 3.07. The van der Waals surface area contributed by atoms with Gasteiger partial charge in [-0.15, -0.1) is 5.23 Å². The fourth-order valence-electron chi connectivity index (χ4n) is 1.64. The van der Waals surface area contributed by atoms with Gasteiger partial charge in [-0.05, 0) is 24.3 Å². The average molecular weight is 262 g/mol. The maximum Gasteiger partial charge on any atom is 0.162 e. The van der Waals surface area contributed by atoms with Crippen molar-refractivity contribution in [3.63, 3.8) is 0 Å². The Bertz CT molecular complexity index is 534. The molecular formula is C14H15FN2O2. The molecule has 0 radical (unpaired) electrons. The number of ether oxygens (including phenoxy) is 2. The lowest BCUT2D eigenvalue weighted by atomic mass is 10.3. The summed E-state index contributed by atoms with van der Waals surface area (Å²) in [6.45, 7) is 0. The standard InChI is InChI=1S/C14H15FN2O2/c1-18-13-9-8-11(10-14(13)19-2)16-17(15)12-6-4-3-5-7-12/h3-10,16H,1-2H3. The van der Waals surface area contributed by atoms with Crippen LogP contribution in [0.4, 0.5) is 15.9 Å². The molecule has 2 rings (SSSR count). The molecule has 2 aromatic rings. The van der Waals surface area contributed by atoms with Gasteiger partial charge in [-0.25, -0.2) is 0 Å². The van der Waals surface area contributed by atoms with Crippen LogP contribution < -0.4 is 20.1 Å². The Morgan fingerprint density at radius 1 is 0.947 bits per heavy atom. The highest BCUT2D eigenvalue weighted by Gasteiger charge is 2.08. The van der Waals surface area contributed by atoms with Crippen LogP contribution in [0.5, 0.6) is 11.5 Å². The van der Waals surface area contributed by atoms with Gasteiger partial charge in [-0.3, -0.25) is 5.43 Å². The first-order valence-corrected chi connectivity index (χ1v) is 5.74. The van der Waals surface area contributed by atoms with Gasteiger partial charge in [-0.1, -0.05) is 22.7 Å². The van der Waals surface area contributed by atoms with Gasteiger partial charge in [-0.2, -0.15) is 0 Å². The van der Waals surface area contributed by atoms with E-state index in [1.54, 1.807) is 49.6 Å². The summed E-state index contributed by atoms with van der Waals surface area (Å²) >= 11 is 0. The molecule has 19 heavy (non-hydrogen) atoms. The van der Waals surface area contributed by atoms with Crippen LogP contribution in [-0.2, 0) is 0 Å². The largest absolute Gasteiger partial charge is 0.493 e. The Balaban J connectivity index is 2.15. The summed E-state index contributed by atoms with van der Waals surface area (Å²) in [5.74, 6) is 1.13. The van der Waals surface area contributed by atoms with Crippen molar-refractivity contribution in [1.82, 2.24) is 0 Å². The Kier molecular flexibility index (Phi) is 4.07. The highest BCUT2D eigenvalue weighted by molar-refractivity contribution is 5.58. The molecule has 5 heteroatoms. The first-order valence-electron chi connectivity index (χ1n) is 5.74. The van der Waals surface area contributed by atoms with Gasteiger partial charge in [0.05, 0.1) is 25.6 Å². The van der Waals surface area contributed by atoms with Crippen LogP contribution >= 0.6 is 0 Å². The van der Waals surface area contributed by atoms with Gasteiger partial charge in [0.1, 0.15) is 0 Å². The molecule has 0 saturated heterocycles. The highest BCUT2D eigenvalue weighted by atomic mass is 19.2. The van der Waals surface area contributed by atoms with Gasteiger partial charge in [0, 0.05) is 6.07 Å². The number of benzene rings is 2. The molecule has 0 atom stereocenters. The van der Waals surface area contributed by atoms with Crippen molar-refractivity contribution >= 4 is 11.4 Å². The van der Waals surface area contributed by atoms with Crippen LogP contribution in [0.2, 0.25) is 0 Å². The number of nitrogens with one attached hydrogen (secondary N) is 1. The van der Waals surface area contributed by atoms with Crippen LogP contribution in [0.25, 0.3) is 0 Å². The summed E-state index contributed by atoms with van der Waals surface area (Å²) in [6, 6.07) is 13.7. The molecule has 0 amide bonds. The quantitative estimate of drug-likeness (QED) is 0.661. The number of nitrogens with zero attached hydrogens (tertiary/aromatic N) is 1. The summed E-state index contributed by atoms with van der Waals surface area (Å²) in [5, 5.41) is 0.446. The van der Waals surface area contributed by atoms with E-state index in [2.05, 4.69) is 5.43 Å². The van der Waals surface area contributed by atoms with Gasteiger partial charge in [0.15, 0.2) is 11.5 Å². The minimum absolute atomic E-state index is 0.414. The van der Waals surface area contributed by atoms with Crippen molar-refractivity contribution in [1.29, 1.82) is 0 Å². The zero-order valence-corrected chi connectivity index (χ0v) is 10.8. The fourth-order valence-corrected chi connectivity index (χ4v) is 1.64. The molecule has 0 fully saturated rings. The number of halogens is 1. The number of anilines is 2. The molecule has 0 spiro atoms. The summed E-state index contributed by atoms with van der Waals surface area (Å²) < 4.78 is 24.2. The van der Waals surface area contributed by atoms with Crippen molar-refractivity contribution in [3.8, 4) is 11.5 Å². The van der Waals surface area contributed by atoms with Crippen molar-refractivity contribution < 1.29 is 14.0 Å². The molecule has 1 N–H and O–H groups in total. The van der Waals surface area contributed by atoms with Gasteiger partial charge in [0.2, 0.25) is 0 Å². The number of hydrogen-bond donors (Lipinski definition) is 1. The van der Waals surface area contributed by atoms with E-state index in [1.807, 2.05) is 6.07 Å². The van der Waals surface area contributed by atoms with Gasteiger partial charge >= 0.3 is 0 Å². The van der Waals surface area contributed by atoms with E-state index in [9.17, 15) is 4.48 Å². The monoisotopic (exact) mass is 262 g/mol. The zero-order valence-electron chi connectivity index (χ0n) is 10.8. The summed E-state index contributed by atoms with van der Waals surface area (Å²) in [6.07, 6.45) is 0. The Morgan fingerprint density at radius 2 is 1.63 bits per heavy atom. The normalized spacial score (nSPS) is 9.84. The van der Waals surface area contributed by atoms with E-state index in [-0.39, 0.29) is 0 Å². The predicted octanol–water partition coefficient (Wildman–Crippen LogP) is 3.42. The minimum Gasteiger partial charge on any atom is -0.493 e. The number of para-hydroxylation sites is 1. The van der Waals surface area contributed by atoms with Crippen LogP contribution in [-0.4, -0.2) is 14.2 Å². The molecule has 100 valence electrons. The number of rotatable bonds is 5. The van der Waals surface area contributed by atoms with E-state index >= 15 is 0 Å². The first kappa shape index (κ1) is 13.0. The Morgan fingerprint density at radius 3 is 2.26 bits per heavy atom. The van der Waals surface area contributed by atoms with Crippen LogP contribution in [0, 0.1) is 0 Å². The predicted molar refractivity (Wildman–Crippen MR) is 73.2 cm³/mol. The molecule has 0 aliphatic carbocycles. The van der Waals surface area contributed by atoms with Crippen molar-refractivity contribution in [2.24, 2.45) is 0 Å². The number of methoxy groups -OCH3 is 2. The minimum atomic E-state index is 0.414. The van der Waals surface area contributed by atoms with Gasteiger partial charge < -0.3 is 9.47 Å². The lowest BCUT2D eigenvalue weighted by molar-refractivity contribution is 0.355. The lowest BCUT2D eigenvalue weighted by Crippen LogP contribution is -2.19. The summed E-state index contributed by atoms with van der Waals surface area (Å²) in [4.78, 5) is 0. The number of hydrogen-bond acceptors (Lipinski definition) is 4. The molecule has 0 saturated carbocycles. The van der Waals surface area contributed by atoms with Crippen molar-refractivity contribution in [3.05, 3.63) is 48.5 Å². The Hall–Kier alpha value is -2.43. The lowest BCUT2D eigenvalue weighted by Gasteiger charge is -2.17. The first-order chi connectivity index (χ1) is 9.24. The molecule has 0 heterocycles. The molecule has 0 aliphatic rings. The topological polar surface area (TPSA) is 33.7 Å². The molecule has 0 aromatic heterocycles. The molecule has 0 unspecified atom stereocenters. The summed E-state index contributed by atoms with van der Waals surface area (Å²) in [7, 11) is 3.09. The van der Waals surface area contributed by atoms with Crippen LogP contribution in [0.15, 0.2) is 48.5 Å². The molecule has 2 aromatic carbocycles. The van der Waals surface area contributed by atoms with Crippen LogP contribution in [0.1, 0.15) is 0 Å². The second-order valence-electron chi connectivity index (χ2n) is 3.80. The van der Waals surface area contributed by atoms with E-state index in [0.29, 0.717) is 28.1 Å². The zero-order chi connectivity index (χ0) is 13.7. The van der Waals surface area contributed by atoms with Crippen molar-refractivity contribution in [2.45, 2.75) is 0 Å². The maximum absolute atomic E-state index is 13.9. The molecule has 0 aliphatic heterocycles. The van der Waals surface area contributed by atoms with Crippen molar-refractivity contribution in [2.75, 3.05) is 24.9 Å². The molecule has 4 nitrogen and oxygen atoms in total. The SMILES string of the molecule is COc1ccc(NN(F)c2ccccc2)cc1OC. The Labute approximate surface area is 111 Å². The number of hydrazine groups is 1. The smallest absolute Gasteiger partial charge is 0.162 e. The van der Waals surface area contributed by atoms with E-state index in [4.69, 9.17) is 9.47 Å². The average Bonchev–Trinajstić information content (AvgIpc) is 2.48. The fraction of sp³-hybridized carbons (Fsp3) is 0.143. The molecule has 0 bridgehead atoms. The molecular weight excluding hydrogens is 247 g/mol.